The fourth-order valence-corrected chi connectivity index (χ4v) is 3.67. The lowest BCUT2D eigenvalue weighted by atomic mass is 9.97. The van der Waals surface area contributed by atoms with Gasteiger partial charge in [-0.2, -0.15) is 0 Å². The van der Waals surface area contributed by atoms with Crippen molar-refractivity contribution in [2.24, 2.45) is 5.92 Å². The molecule has 9 heteroatoms. The van der Waals surface area contributed by atoms with Crippen LogP contribution in [0, 0.1) is 5.92 Å². The Morgan fingerprint density at radius 1 is 1.10 bits per heavy atom. The van der Waals surface area contributed by atoms with Crippen LogP contribution < -0.4 is 25.4 Å². The molecule has 2 heterocycles. The Labute approximate surface area is 169 Å². The first-order chi connectivity index (χ1) is 14.1. The molecule has 0 spiro atoms. The highest BCUT2D eigenvalue weighted by Crippen LogP contribution is 2.34. The van der Waals surface area contributed by atoms with Gasteiger partial charge in [-0.05, 0) is 44.2 Å². The molecular formula is C20H27N3O6. The first kappa shape index (κ1) is 19.8. The molecule has 3 amide bonds. The van der Waals surface area contributed by atoms with Gasteiger partial charge < -0.3 is 35.3 Å². The van der Waals surface area contributed by atoms with Crippen LogP contribution in [0.4, 0.5) is 10.5 Å². The van der Waals surface area contributed by atoms with Crippen LogP contribution in [0.1, 0.15) is 32.1 Å². The lowest BCUT2D eigenvalue weighted by molar-refractivity contribution is -0.122. The molecule has 9 nitrogen and oxygen atoms in total. The number of hydrogen-bond acceptors (Lipinski definition) is 6. The maximum absolute atomic E-state index is 12.4. The molecule has 0 unspecified atom stereocenters. The molecule has 4 N–H and O–H groups in total. The maximum Gasteiger partial charge on any atom is 0.319 e. The number of benzene rings is 1. The summed E-state index contributed by atoms with van der Waals surface area (Å²) in [5.74, 6) is 1.56. The van der Waals surface area contributed by atoms with Crippen LogP contribution in [-0.2, 0) is 9.53 Å². The van der Waals surface area contributed by atoms with Crippen LogP contribution >= 0.6 is 0 Å². The van der Waals surface area contributed by atoms with Gasteiger partial charge in [0.05, 0.1) is 18.8 Å². The van der Waals surface area contributed by atoms with E-state index in [9.17, 15) is 14.7 Å². The quantitative estimate of drug-likeness (QED) is 0.544. The van der Waals surface area contributed by atoms with Crippen LogP contribution in [0.15, 0.2) is 18.2 Å². The summed E-state index contributed by atoms with van der Waals surface area (Å²) in [6.07, 6.45) is 3.61. The number of fused-ring (bicyclic) bond motifs is 1. The van der Waals surface area contributed by atoms with Gasteiger partial charge in [0.15, 0.2) is 11.5 Å². The predicted molar refractivity (Wildman–Crippen MR) is 104 cm³/mol. The number of amides is 3. The van der Waals surface area contributed by atoms with Gasteiger partial charge in [0, 0.05) is 24.2 Å². The fraction of sp³-hybridized carbons (Fsp3) is 0.600. The highest BCUT2D eigenvalue weighted by molar-refractivity contribution is 5.90. The number of aliphatic hydroxyl groups is 1. The van der Waals surface area contributed by atoms with E-state index in [0.717, 1.165) is 19.3 Å². The second kappa shape index (κ2) is 8.87. The van der Waals surface area contributed by atoms with Crippen molar-refractivity contribution in [2.75, 3.05) is 25.3 Å². The standard InChI is InChI=1S/C20H27N3O6/c24-10-18-15(5-4-14(29-18)7-8-21-19(25)12-1-2-12)23-20(26)22-13-3-6-16-17(9-13)28-11-27-16/h3,6,9,12,14-15,18,24H,1-2,4-5,7-8,10-11H2,(H,21,25)(H2,22,23,26)/t14-,15+,18-/m1/s1. The number of ether oxygens (including phenoxy) is 3. The Morgan fingerprint density at radius 2 is 1.93 bits per heavy atom. The van der Waals surface area contributed by atoms with Crippen LogP contribution in [0.2, 0.25) is 0 Å². The highest BCUT2D eigenvalue weighted by atomic mass is 16.7. The Kier molecular flexibility index (Phi) is 6.05. The average Bonchev–Trinajstić information content (AvgIpc) is 3.47. The van der Waals surface area contributed by atoms with Crippen LogP contribution in [0.5, 0.6) is 11.5 Å². The van der Waals surface area contributed by atoms with Crippen molar-refractivity contribution in [1.29, 1.82) is 0 Å². The minimum atomic E-state index is -0.476. The van der Waals surface area contributed by atoms with Gasteiger partial charge in [-0.25, -0.2) is 4.79 Å². The highest BCUT2D eigenvalue weighted by Gasteiger charge is 2.33. The van der Waals surface area contributed by atoms with Gasteiger partial charge in [-0.1, -0.05) is 0 Å². The summed E-state index contributed by atoms with van der Waals surface area (Å²) < 4.78 is 16.5. The molecular weight excluding hydrogens is 378 g/mol. The molecule has 1 aromatic rings. The van der Waals surface area contributed by atoms with E-state index >= 15 is 0 Å². The number of hydrogen-bond donors (Lipinski definition) is 4. The smallest absolute Gasteiger partial charge is 0.319 e. The monoisotopic (exact) mass is 405 g/mol. The first-order valence-corrected chi connectivity index (χ1v) is 10.1. The van der Waals surface area contributed by atoms with Crippen molar-refractivity contribution in [1.82, 2.24) is 10.6 Å². The SMILES string of the molecule is O=C(Nc1ccc2c(c1)OCO2)N[C@H]1CC[C@H](CCNC(=O)C2CC2)O[C@@H]1CO. The van der Waals surface area contributed by atoms with E-state index in [4.69, 9.17) is 14.2 Å². The summed E-state index contributed by atoms with van der Waals surface area (Å²) in [5.41, 5.74) is 0.591. The minimum absolute atomic E-state index is 0.0402. The van der Waals surface area contributed by atoms with E-state index in [0.29, 0.717) is 36.6 Å². The topological polar surface area (TPSA) is 118 Å². The normalized spacial score (nSPS) is 25.3. The number of nitrogens with one attached hydrogen (secondary N) is 3. The van der Waals surface area contributed by atoms with E-state index in [1.807, 2.05) is 0 Å². The Bertz CT molecular complexity index is 754. The van der Waals surface area contributed by atoms with E-state index in [1.165, 1.54) is 0 Å². The van der Waals surface area contributed by atoms with Crippen LogP contribution in [-0.4, -0.2) is 55.2 Å². The summed E-state index contributed by atoms with van der Waals surface area (Å²) in [4.78, 5) is 24.1. The molecule has 158 valence electrons. The van der Waals surface area contributed by atoms with Crippen molar-refractivity contribution < 1.29 is 28.9 Å². The number of carbonyl (C=O) groups is 2. The number of anilines is 1. The molecule has 29 heavy (non-hydrogen) atoms. The van der Waals surface area contributed by atoms with Crippen LogP contribution in [0.3, 0.4) is 0 Å². The van der Waals surface area contributed by atoms with E-state index < -0.39 is 6.10 Å². The Balaban J connectivity index is 1.22. The molecule has 3 atom stereocenters. The number of aliphatic hydroxyl groups excluding tert-OH is 1. The molecule has 2 fully saturated rings. The molecule has 1 aliphatic carbocycles. The molecule has 3 aliphatic rings. The summed E-state index contributed by atoms with van der Waals surface area (Å²) >= 11 is 0. The number of carbonyl (C=O) groups excluding carboxylic acids is 2. The van der Waals surface area contributed by atoms with Crippen LogP contribution in [0.25, 0.3) is 0 Å². The lowest BCUT2D eigenvalue weighted by Gasteiger charge is -2.36. The zero-order valence-corrected chi connectivity index (χ0v) is 16.2. The second-order valence-electron chi connectivity index (χ2n) is 7.68. The van der Waals surface area contributed by atoms with Crippen molar-refractivity contribution in [3.63, 3.8) is 0 Å². The second-order valence-corrected chi connectivity index (χ2v) is 7.68. The fourth-order valence-electron chi connectivity index (χ4n) is 3.67. The molecule has 0 radical (unpaired) electrons. The van der Waals surface area contributed by atoms with Crippen molar-refractivity contribution in [2.45, 2.75) is 50.4 Å². The summed E-state index contributed by atoms with van der Waals surface area (Å²) in [5, 5.41) is 18.3. The van der Waals surface area contributed by atoms with Crippen molar-refractivity contribution in [3.8, 4) is 11.5 Å². The largest absolute Gasteiger partial charge is 0.454 e. The molecule has 0 aromatic heterocycles. The zero-order valence-electron chi connectivity index (χ0n) is 16.2. The van der Waals surface area contributed by atoms with E-state index in [2.05, 4.69) is 16.0 Å². The number of urea groups is 1. The minimum Gasteiger partial charge on any atom is -0.454 e. The van der Waals surface area contributed by atoms with Gasteiger partial charge >= 0.3 is 6.03 Å². The summed E-state index contributed by atoms with van der Waals surface area (Å²) in [6, 6.07) is 4.52. The number of rotatable bonds is 7. The molecule has 0 bridgehead atoms. The summed E-state index contributed by atoms with van der Waals surface area (Å²) in [6.45, 7) is 0.564. The van der Waals surface area contributed by atoms with Gasteiger partial charge in [0.1, 0.15) is 6.10 Å². The molecule has 1 aromatic carbocycles. The molecule has 2 aliphatic heterocycles. The maximum atomic E-state index is 12.4. The molecule has 4 rings (SSSR count). The first-order valence-electron chi connectivity index (χ1n) is 10.1. The van der Waals surface area contributed by atoms with Crippen molar-refractivity contribution >= 4 is 17.6 Å². The Hall–Kier alpha value is -2.52. The van der Waals surface area contributed by atoms with E-state index in [-0.39, 0.29) is 43.4 Å². The third-order valence-corrected chi connectivity index (χ3v) is 5.46. The van der Waals surface area contributed by atoms with Gasteiger partial charge in [-0.15, -0.1) is 0 Å². The third-order valence-electron chi connectivity index (χ3n) is 5.46. The van der Waals surface area contributed by atoms with Crippen molar-refractivity contribution in [3.05, 3.63) is 18.2 Å². The van der Waals surface area contributed by atoms with Gasteiger partial charge in [-0.3, -0.25) is 4.79 Å². The predicted octanol–water partition coefficient (Wildman–Crippen LogP) is 1.36. The molecule has 1 saturated heterocycles. The van der Waals surface area contributed by atoms with E-state index in [1.54, 1.807) is 18.2 Å². The Morgan fingerprint density at radius 3 is 2.72 bits per heavy atom. The summed E-state index contributed by atoms with van der Waals surface area (Å²) in [7, 11) is 0. The average molecular weight is 405 g/mol. The zero-order chi connectivity index (χ0) is 20.2. The van der Waals surface area contributed by atoms with Gasteiger partial charge in [0.2, 0.25) is 12.7 Å². The third kappa shape index (κ3) is 5.10. The lowest BCUT2D eigenvalue weighted by Crippen LogP contribution is -2.52. The molecule has 1 saturated carbocycles. The van der Waals surface area contributed by atoms with Gasteiger partial charge in [0.25, 0.3) is 0 Å².